The molecule has 0 unspecified atom stereocenters. The third-order valence-electron chi connectivity index (χ3n) is 13.7. The van der Waals surface area contributed by atoms with Crippen LogP contribution in [-0.2, 0) is 28.6 Å². The molecule has 0 aliphatic heterocycles. The molecule has 0 amide bonds. The number of allylic oxidation sites excluding steroid dienone is 2. The van der Waals surface area contributed by atoms with Crippen LogP contribution >= 0.6 is 0 Å². The highest BCUT2D eigenvalue weighted by atomic mass is 16.6. The fourth-order valence-corrected chi connectivity index (χ4v) is 11.6. The number of rotatable bonds is 3. The molecule has 41 heavy (non-hydrogen) atoms. The molecular formula is C35H54O6. The van der Waals surface area contributed by atoms with E-state index in [1.165, 1.54) is 19.4 Å². The number of carbonyl (C=O) groups is 3. The Kier molecular flexibility index (Phi) is 7.15. The zero-order valence-electron chi connectivity index (χ0n) is 27.3. The maximum absolute atomic E-state index is 13.5. The monoisotopic (exact) mass is 570 g/mol. The van der Waals surface area contributed by atoms with Gasteiger partial charge in [0.1, 0.15) is 12.2 Å². The molecule has 6 heteroatoms. The first kappa shape index (κ1) is 30.6. The molecule has 230 valence electrons. The van der Waals surface area contributed by atoms with Crippen LogP contribution in [0.25, 0.3) is 0 Å². The van der Waals surface area contributed by atoms with Crippen LogP contribution in [0.5, 0.6) is 0 Å². The second kappa shape index (κ2) is 9.58. The van der Waals surface area contributed by atoms with Crippen LogP contribution in [0.1, 0.15) is 120 Å². The van der Waals surface area contributed by atoms with Crippen LogP contribution in [0.2, 0.25) is 0 Å². The Bertz CT molecular complexity index is 1150. The predicted molar refractivity (Wildman–Crippen MR) is 158 cm³/mol. The second-order valence-corrected chi connectivity index (χ2v) is 16.6. The summed E-state index contributed by atoms with van der Waals surface area (Å²) in [6.07, 6.45) is 10.3. The summed E-state index contributed by atoms with van der Waals surface area (Å²) in [4.78, 5) is 38.0. The molecular weight excluding hydrogens is 516 g/mol. The van der Waals surface area contributed by atoms with Crippen LogP contribution in [-0.4, -0.2) is 37.2 Å². The lowest BCUT2D eigenvalue weighted by Gasteiger charge is -2.71. The number of fused-ring (bicyclic) bond motifs is 7. The van der Waals surface area contributed by atoms with Gasteiger partial charge in [-0.25, -0.2) is 0 Å². The summed E-state index contributed by atoms with van der Waals surface area (Å²) in [7, 11) is 1.56. The summed E-state index contributed by atoms with van der Waals surface area (Å²) in [6, 6.07) is 0. The summed E-state index contributed by atoms with van der Waals surface area (Å²) in [5.74, 6) is 0.264. The van der Waals surface area contributed by atoms with Gasteiger partial charge in [0, 0.05) is 19.3 Å². The van der Waals surface area contributed by atoms with Crippen molar-refractivity contribution >= 4 is 17.9 Å². The molecule has 0 aromatic rings. The highest BCUT2D eigenvalue weighted by Gasteiger charge is 2.71. The Balaban J connectivity index is 1.59. The van der Waals surface area contributed by atoms with Crippen molar-refractivity contribution in [2.24, 2.45) is 50.2 Å². The zero-order chi connectivity index (χ0) is 30.4. The first-order valence-corrected chi connectivity index (χ1v) is 16.0. The van der Waals surface area contributed by atoms with Gasteiger partial charge in [-0.3, -0.25) is 14.4 Å². The number of ether oxygens (including phenoxy) is 3. The van der Waals surface area contributed by atoms with Gasteiger partial charge in [-0.1, -0.05) is 60.1 Å². The Morgan fingerprint density at radius 1 is 0.805 bits per heavy atom. The van der Waals surface area contributed by atoms with Crippen molar-refractivity contribution in [2.45, 2.75) is 132 Å². The fourth-order valence-electron chi connectivity index (χ4n) is 11.6. The van der Waals surface area contributed by atoms with Crippen molar-refractivity contribution in [2.75, 3.05) is 7.11 Å². The van der Waals surface area contributed by atoms with Gasteiger partial charge in [0.2, 0.25) is 0 Å². The zero-order valence-corrected chi connectivity index (χ0v) is 27.3. The molecule has 0 saturated heterocycles. The molecule has 5 aliphatic rings. The molecule has 4 fully saturated rings. The van der Waals surface area contributed by atoms with Gasteiger partial charge < -0.3 is 14.2 Å². The molecule has 0 aromatic carbocycles. The molecule has 0 N–H and O–H groups in total. The summed E-state index contributed by atoms with van der Waals surface area (Å²) in [6.45, 7) is 19.5. The summed E-state index contributed by atoms with van der Waals surface area (Å²) in [5, 5.41) is 0. The third kappa shape index (κ3) is 4.26. The maximum atomic E-state index is 13.5. The third-order valence-corrected chi connectivity index (χ3v) is 13.7. The first-order valence-electron chi connectivity index (χ1n) is 16.0. The summed E-state index contributed by atoms with van der Waals surface area (Å²) >= 11 is 0. The molecule has 5 rings (SSSR count). The van der Waals surface area contributed by atoms with E-state index in [0.717, 1.165) is 51.4 Å². The highest BCUT2D eigenvalue weighted by Crippen LogP contribution is 2.76. The van der Waals surface area contributed by atoms with E-state index in [9.17, 15) is 14.4 Å². The maximum Gasteiger partial charge on any atom is 0.312 e. The van der Waals surface area contributed by atoms with E-state index >= 15 is 0 Å². The number of hydrogen-bond donors (Lipinski definition) is 0. The van der Waals surface area contributed by atoms with Crippen LogP contribution < -0.4 is 0 Å². The van der Waals surface area contributed by atoms with E-state index in [4.69, 9.17) is 14.2 Å². The van der Waals surface area contributed by atoms with Crippen molar-refractivity contribution in [3.05, 3.63) is 11.6 Å². The quantitative estimate of drug-likeness (QED) is 0.199. The van der Waals surface area contributed by atoms with Gasteiger partial charge in [0.25, 0.3) is 0 Å². The molecule has 6 nitrogen and oxygen atoms in total. The largest absolute Gasteiger partial charge is 0.469 e. The Morgan fingerprint density at radius 2 is 1.44 bits per heavy atom. The van der Waals surface area contributed by atoms with Crippen LogP contribution in [0.3, 0.4) is 0 Å². The van der Waals surface area contributed by atoms with Crippen molar-refractivity contribution in [1.82, 2.24) is 0 Å². The van der Waals surface area contributed by atoms with E-state index in [0.29, 0.717) is 18.3 Å². The van der Waals surface area contributed by atoms with Crippen molar-refractivity contribution < 1.29 is 28.6 Å². The van der Waals surface area contributed by atoms with E-state index in [1.54, 1.807) is 7.11 Å². The lowest BCUT2D eigenvalue weighted by molar-refractivity contribution is -0.244. The fraction of sp³-hybridized carbons (Fsp3) is 0.857. The minimum Gasteiger partial charge on any atom is -0.469 e. The van der Waals surface area contributed by atoms with E-state index in [-0.39, 0.29) is 50.9 Å². The minimum absolute atomic E-state index is 0.0151. The lowest BCUT2D eigenvalue weighted by Crippen LogP contribution is -2.67. The summed E-state index contributed by atoms with van der Waals surface area (Å²) < 4.78 is 17.4. The number of methoxy groups -OCH3 is 1. The number of carbonyl (C=O) groups excluding carboxylic acids is 3. The van der Waals surface area contributed by atoms with Crippen LogP contribution in [0.4, 0.5) is 0 Å². The van der Waals surface area contributed by atoms with Gasteiger partial charge in [-0.15, -0.1) is 0 Å². The first-order chi connectivity index (χ1) is 18.9. The van der Waals surface area contributed by atoms with E-state index < -0.39 is 17.6 Å². The minimum atomic E-state index is -0.467. The number of esters is 3. The molecule has 9 atom stereocenters. The van der Waals surface area contributed by atoms with Gasteiger partial charge in [-0.2, -0.15) is 0 Å². The molecule has 0 aromatic heterocycles. The topological polar surface area (TPSA) is 78.9 Å². The van der Waals surface area contributed by atoms with Crippen molar-refractivity contribution in [3.8, 4) is 0 Å². The van der Waals surface area contributed by atoms with Crippen molar-refractivity contribution in [1.29, 1.82) is 0 Å². The highest BCUT2D eigenvalue weighted by molar-refractivity contribution is 5.78. The summed E-state index contributed by atoms with van der Waals surface area (Å²) in [5.41, 5.74) is 0.868. The van der Waals surface area contributed by atoms with Crippen LogP contribution in [0, 0.1) is 50.2 Å². The standard InChI is InChI=1S/C35H54O6/c1-21(36)40-25-20-32(7)26(31(5,6)28(25)41-22(2)37)13-14-34(9)27(32)12-11-23-24-19-30(3,4)15-17-35(24,29(38)39-10)18-16-33(23,34)8/h11,24-28H,12-20H2,1-10H3/t24-,25-,26+,27-,28+,32+,33-,34-,35+/m1/s1. The SMILES string of the molecule is COC(=O)[C@]12CCC(C)(C)C[C@@H]1C1=CC[C@@H]3[C@@]4(C)C[C@@H](OC(C)=O)[C@H](OC(C)=O)C(C)(C)[C@@H]4CC[C@@]3(C)[C@]1(C)CC2. The van der Waals surface area contributed by atoms with Gasteiger partial charge in [-0.05, 0) is 97.2 Å². The molecule has 0 heterocycles. The average molecular weight is 571 g/mol. The Morgan fingerprint density at radius 3 is 2.05 bits per heavy atom. The van der Waals surface area contributed by atoms with Gasteiger partial charge in [0.15, 0.2) is 0 Å². The molecule has 0 spiro atoms. The molecule has 0 radical (unpaired) electrons. The Labute approximate surface area is 247 Å². The molecule has 4 saturated carbocycles. The van der Waals surface area contributed by atoms with Crippen LogP contribution in [0.15, 0.2) is 11.6 Å². The second-order valence-electron chi connectivity index (χ2n) is 16.6. The smallest absolute Gasteiger partial charge is 0.312 e. The van der Waals surface area contributed by atoms with Crippen molar-refractivity contribution in [3.63, 3.8) is 0 Å². The number of hydrogen-bond acceptors (Lipinski definition) is 6. The normalized spacial score (nSPS) is 45.9. The predicted octanol–water partition coefficient (Wildman–Crippen LogP) is 7.43. The van der Waals surface area contributed by atoms with E-state index in [2.05, 4.69) is 54.5 Å². The molecule has 5 aliphatic carbocycles. The van der Waals surface area contributed by atoms with E-state index in [1.807, 2.05) is 0 Å². The van der Waals surface area contributed by atoms with Gasteiger partial charge in [0.05, 0.1) is 12.5 Å². The molecule has 0 bridgehead atoms. The lowest BCUT2D eigenvalue weighted by atomic mass is 9.33. The average Bonchev–Trinajstić information content (AvgIpc) is 2.85. The Hall–Kier alpha value is -1.85. The van der Waals surface area contributed by atoms with Gasteiger partial charge >= 0.3 is 17.9 Å².